The molecular formula is C13H21NO5S. The molecule has 0 saturated carbocycles. The zero-order valence-corrected chi connectivity index (χ0v) is 12.4. The molecule has 7 heteroatoms. The highest BCUT2D eigenvalue weighted by Crippen LogP contribution is 2.20. The lowest BCUT2D eigenvalue weighted by molar-refractivity contribution is -0.0190. The first kappa shape index (κ1) is 15.5. The molecule has 2 unspecified atom stereocenters. The largest absolute Gasteiger partial charge is 0.468 e. The van der Waals surface area contributed by atoms with E-state index in [0.29, 0.717) is 12.4 Å². The molecule has 0 spiro atoms. The van der Waals surface area contributed by atoms with Crippen LogP contribution in [0.1, 0.15) is 18.6 Å². The predicted octanol–water partition coefficient (Wildman–Crippen LogP) is 1.14. The van der Waals surface area contributed by atoms with Gasteiger partial charge in [-0.05, 0) is 25.0 Å². The summed E-state index contributed by atoms with van der Waals surface area (Å²) in [6.07, 6.45) is 3.06. The maximum Gasteiger partial charge on any atom is 0.214 e. The fraction of sp³-hybridized carbons (Fsp3) is 0.692. The van der Waals surface area contributed by atoms with Crippen LogP contribution in [0.15, 0.2) is 22.8 Å². The Hall–Kier alpha value is -0.890. The molecule has 114 valence electrons. The molecule has 6 nitrogen and oxygen atoms in total. The minimum absolute atomic E-state index is 0.0573. The SMILES string of the molecule is COC(CS(=O)(=O)NCc1ccco1)C1CCCOC1. The minimum Gasteiger partial charge on any atom is -0.468 e. The van der Waals surface area contributed by atoms with Crippen molar-refractivity contribution in [3.63, 3.8) is 0 Å². The van der Waals surface area contributed by atoms with Crippen molar-refractivity contribution in [1.29, 1.82) is 0 Å². The van der Waals surface area contributed by atoms with Crippen molar-refractivity contribution in [2.45, 2.75) is 25.5 Å². The highest BCUT2D eigenvalue weighted by Gasteiger charge is 2.28. The van der Waals surface area contributed by atoms with Crippen LogP contribution >= 0.6 is 0 Å². The van der Waals surface area contributed by atoms with Crippen LogP contribution in [-0.2, 0) is 26.0 Å². The Morgan fingerprint density at radius 3 is 3.00 bits per heavy atom. The Labute approximate surface area is 119 Å². The fourth-order valence-corrected chi connectivity index (χ4v) is 3.65. The zero-order valence-electron chi connectivity index (χ0n) is 11.6. The van der Waals surface area contributed by atoms with E-state index in [1.807, 2.05) is 0 Å². The Bertz CT molecular complexity index is 479. The van der Waals surface area contributed by atoms with Gasteiger partial charge in [-0.15, -0.1) is 0 Å². The molecule has 1 aliphatic heterocycles. The molecule has 0 amide bonds. The second-order valence-electron chi connectivity index (χ2n) is 4.93. The Morgan fingerprint density at radius 1 is 1.55 bits per heavy atom. The van der Waals surface area contributed by atoms with Crippen molar-refractivity contribution in [2.75, 3.05) is 26.1 Å². The molecule has 1 aliphatic rings. The van der Waals surface area contributed by atoms with Gasteiger partial charge in [-0.1, -0.05) is 0 Å². The van der Waals surface area contributed by atoms with Crippen LogP contribution < -0.4 is 4.72 Å². The summed E-state index contributed by atoms with van der Waals surface area (Å²) in [5.74, 6) is 0.663. The molecule has 1 N–H and O–H groups in total. The summed E-state index contributed by atoms with van der Waals surface area (Å²) in [6.45, 7) is 1.47. The summed E-state index contributed by atoms with van der Waals surface area (Å²) in [5, 5.41) is 0. The van der Waals surface area contributed by atoms with Crippen LogP contribution in [0.5, 0.6) is 0 Å². The van der Waals surface area contributed by atoms with E-state index in [1.165, 1.54) is 6.26 Å². The van der Waals surface area contributed by atoms with Crippen LogP contribution in [0.25, 0.3) is 0 Å². The Balaban J connectivity index is 1.87. The third-order valence-corrected chi connectivity index (χ3v) is 4.81. The second-order valence-corrected chi connectivity index (χ2v) is 6.78. The van der Waals surface area contributed by atoms with Gasteiger partial charge < -0.3 is 13.9 Å². The summed E-state index contributed by atoms with van der Waals surface area (Å²) in [4.78, 5) is 0. The number of furan rings is 1. The number of sulfonamides is 1. The number of hydrogen-bond acceptors (Lipinski definition) is 5. The van der Waals surface area contributed by atoms with Crippen molar-refractivity contribution in [3.05, 3.63) is 24.2 Å². The van der Waals surface area contributed by atoms with Crippen LogP contribution in [0.4, 0.5) is 0 Å². The Kier molecular flexibility index (Phi) is 5.59. The van der Waals surface area contributed by atoms with Crippen LogP contribution in [0, 0.1) is 5.92 Å². The van der Waals surface area contributed by atoms with Crippen LogP contribution in [0.3, 0.4) is 0 Å². The van der Waals surface area contributed by atoms with Crippen molar-refractivity contribution in [1.82, 2.24) is 4.72 Å². The van der Waals surface area contributed by atoms with E-state index < -0.39 is 10.0 Å². The van der Waals surface area contributed by atoms with Crippen molar-refractivity contribution < 1.29 is 22.3 Å². The molecule has 1 fully saturated rings. The molecule has 1 saturated heterocycles. The molecule has 0 radical (unpaired) electrons. The molecule has 0 bridgehead atoms. The molecule has 2 heterocycles. The first-order valence-corrected chi connectivity index (χ1v) is 8.36. The maximum atomic E-state index is 12.1. The van der Waals surface area contributed by atoms with E-state index in [0.717, 1.165) is 19.4 Å². The lowest BCUT2D eigenvalue weighted by atomic mass is 9.97. The average Bonchev–Trinajstić information content (AvgIpc) is 2.97. The number of methoxy groups -OCH3 is 1. The molecule has 0 aromatic carbocycles. The first-order chi connectivity index (χ1) is 9.61. The zero-order chi connectivity index (χ0) is 14.4. The maximum absolute atomic E-state index is 12.1. The Morgan fingerprint density at radius 2 is 2.40 bits per heavy atom. The molecule has 20 heavy (non-hydrogen) atoms. The average molecular weight is 303 g/mol. The van der Waals surface area contributed by atoms with Gasteiger partial charge >= 0.3 is 0 Å². The number of rotatable bonds is 7. The highest BCUT2D eigenvalue weighted by molar-refractivity contribution is 7.89. The van der Waals surface area contributed by atoms with Gasteiger partial charge in [0.1, 0.15) is 5.76 Å². The second kappa shape index (κ2) is 7.21. The molecule has 2 atom stereocenters. The minimum atomic E-state index is -3.41. The van der Waals surface area contributed by atoms with Gasteiger partial charge in [-0.2, -0.15) is 0 Å². The molecular weight excluding hydrogens is 282 g/mol. The topological polar surface area (TPSA) is 77.8 Å². The normalized spacial score (nSPS) is 21.8. The van der Waals surface area contributed by atoms with Crippen molar-refractivity contribution in [2.24, 2.45) is 5.92 Å². The highest BCUT2D eigenvalue weighted by atomic mass is 32.2. The summed E-state index contributed by atoms with van der Waals surface area (Å²) >= 11 is 0. The van der Waals surface area contributed by atoms with E-state index in [9.17, 15) is 8.42 Å². The van der Waals surface area contributed by atoms with Gasteiger partial charge in [0.2, 0.25) is 10.0 Å². The number of nitrogens with one attached hydrogen (secondary N) is 1. The summed E-state index contributed by atoms with van der Waals surface area (Å²) in [7, 11) is -1.87. The van der Waals surface area contributed by atoms with Gasteiger partial charge in [0.05, 0.1) is 31.3 Å². The van der Waals surface area contributed by atoms with Crippen molar-refractivity contribution >= 4 is 10.0 Å². The number of ether oxygens (including phenoxy) is 2. The first-order valence-electron chi connectivity index (χ1n) is 6.71. The molecule has 1 aromatic rings. The molecule has 1 aromatic heterocycles. The van der Waals surface area contributed by atoms with Gasteiger partial charge in [0.25, 0.3) is 0 Å². The fourth-order valence-electron chi connectivity index (χ4n) is 2.32. The van der Waals surface area contributed by atoms with Gasteiger partial charge in [-0.3, -0.25) is 0 Å². The third-order valence-electron chi connectivity index (χ3n) is 3.45. The van der Waals surface area contributed by atoms with Crippen LogP contribution in [-0.4, -0.2) is 40.6 Å². The van der Waals surface area contributed by atoms with E-state index in [4.69, 9.17) is 13.9 Å². The van der Waals surface area contributed by atoms with Gasteiger partial charge in [-0.25, -0.2) is 13.1 Å². The van der Waals surface area contributed by atoms with E-state index in [2.05, 4.69) is 4.72 Å². The summed E-state index contributed by atoms with van der Waals surface area (Å²) < 4.78 is 42.5. The van der Waals surface area contributed by atoms with E-state index >= 15 is 0 Å². The lowest BCUT2D eigenvalue weighted by Crippen LogP contribution is -2.39. The van der Waals surface area contributed by atoms with Gasteiger partial charge in [0.15, 0.2) is 0 Å². The standard InChI is InChI=1S/C13H21NO5S/c1-17-13(11-4-2-6-18-9-11)10-20(15,16)14-8-12-5-3-7-19-12/h3,5,7,11,13-14H,2,4,6,8-10H2,1H3. The monoisotopic (exact) mass is 303 g/mol. The quantitative estimate of drug-likeness (QED) is 0.817. The molecule has 2 rings (SSSR count). The smallest absolute Gasteiger partial charge is 0.214 e. The third kappa shape index (κ3) is 4.59. The number of hydrogen-bond donors (Lipinski definition) is 1. The lowest BCUT2D eigenvalue weighted by Gasteiger charge is -2.29. The van der Waals surface area contributed by atoms with E-state index in [-0.39, 0.29) is 24.3 Å². The van der Waals surface area contributed by atoms with E-state index in [1.54, 1.807) is 19.2 Å². The predicted molar refractivity (Wildman–Crippen MR) is 73.7 cm³/mol. The summed E-state index contributed by atoms with van der Waals surface area (Å²) in [6, 6.07) is 3.45. The van der Waals surface area contributed by atoms with Crippen LogP contribution in [0.2, 0.25) is 0 Å². The van der Waals surface area contributed by atoms with Gasteiger partial charge in [0, 0.05) is 19.6 Å². The van der Waals surface area contributed by atoms with Crippen molar-refractivity contribution in [3.8, 4) is 0 Å². The molecule has 0 aliphatic carbocycles. The summed E-state index contributed by atoms with van der Waals surface area (Å²) in [5.41, 5.74) is 0.